The molecule has 5 heteroatoms. The second kappa shape index (κ2) is 4.67. The van der Waals surface area contributed by atoms with Crippen molar-refractivity contribution < 1.29 is 9.18 Å². The van der Waals surface area contributed by atoms with Gasteiger partial charge in [-0.15, -0.1) is 0 Å². The number of carbonyl (C=O) groups excluding carboxylic acids is 1. The number of carbonyl (C=O) groups is 1. The Labute approximate surface area is 103 Å². The van der Waals surface area contributed by atoms with Crippen LogP contribution in [-0.2, 0) is 6.54 Å². The van der Waals surface area contributed by atoms with Gasteiger partial charge in [0, 0.05) is 17.8 Å². The number of rotatable bonds is 3. The van der Waals surface area contributed by atoms with Crippen molar-refractivity contribution in [2.24, 2.45) is 0 Å². The first-order valence-corrected chi connectivity index (χ1v) is 5.53. The maximum absolute atomic E-state index is 13.6. The van der Waals surface area contributed by atoms with Crippen molar-refractivity contribution in [3.63, 3.8) is 0 Å². The Bertz CT molecular complexity index is 565. The number of halogens is 2. The highest BCUT2D eigenvalue weighted by Gasteiger charge is 2.17. The molecule has 0 saturated heterocycles. The molecule has 0 radical (unpaired) electrons. The van der Waals surface area contributed by atoms with Crippen LogP contribution in [0.3, 0.4) is 0 Å². The molecule has 88 valence electrons. The first-order chi connectivity index (χ1) is 8.13. The van der Waals surface area contributed by atoms with E-state index < -0.39 is 11.6 Å². The molecule has 0 aliphatic rings. The highest BCUT2D eigenvalue weighted by atomic mass is 35.5. The fraction of sp³-hybridized carbons (Fsp3) is 0.167. The van der Waals surface area contributed by atoms with Gasteiger partial charge in [0.25, 0.3) is 0 Å². The predicted molar refractivity (Wildman–Crippen MR) is 62.7 cm³/mol. The number of hydrogen-bond donors (Lipinski definition) is 0. The third kappa shape index (κ3) is 2.22. The van der Waals surface area contributed by atoms with Crippen LogP contribution >= 0.6 is 11.6 Å². The molecule has 1 heterocycles. The summed E-state index contributed by atoms with van der Waals surface area (Å²) < 4.78 is 15.1. The van der Waals surface area contributed by atoms with Gasteiger partial charge in [-0.05, 0) is 31.2 Å². The Morgan fingerprint density at radius 1 is 1.47 bits per heavy atom. The summed E-state index contributed by atoms with van der Waals surface area (Å²) >= 11 is 5.64. The first kappa shape index (κ1) is 11.8. The zero-order valence-electron chi connectivity index (χ0n) is 9.15. The lowest BCUT2D eigenvalue weighted by atomic mass is 10.1. The molecule has 0 amide bonds. The summed E-state index contributed by atoms with van der Waals surface area (Å²) in [4.78, 5) is 12.1. The summed E-state index contributed by atoms with van der Waals surface area (Å²) in [6.07, 6.45) is 1.52. The second-order valence-corrected chi connectivity index (χ2v) is 3.92. The zero-order chi connectivity index (χ0) is 12.4. The molecular formula is C12H10ClFN2O. The molecule has 0 unspecified atom stereocenters. The molecule has 1 aromatic heterocycles. The minimum atomic E-state index is -0.619. The molecule has 0 N–H and O–H groups in total. The average Bonchev–Trinajstić information content (AvgIpc) is 2.76. The molecule has 0 bridgehead atoms. The number of hydrogen-bond acceptors (Lipinski definition) is 2. The second-order valence-electron chi connectivity index (χ2n) is 3.49. The van der Waals surface area contributed by atoms with Gasteiger partial charge in [0.1, 0.15) is 11.5 Å². The third-order valence-electron chi connectivity index (χ3n) is 2.42. The van der Waals surface area contributed by atoms with Crippen molar-refractivity contribution in [3.8, 4) is 0 Å². The molecule has 0 saturated carbocycles. The van der Waals surface area contributed by atoms with Crippen LogP contribution in [0.5, 0.6) is 0 Å². The Morgan fingerprint density at radius 2 is 2.24 bits per heavy atom. The number of ketones is 1. The Morgan fingerprint density at radius 3 is 2.88 bits per heavy atom. The van der Waals surface area contributed by atoms with Crippen LogP contribution in [0.2, 0.25) is 5.02 Å². The molecule has 0 atom stereocenters. The predicted octanol–water partition coefficient (Wildman–Crippen LogP) is 2.93. The Balaban J connectivity index is 2.44. The quantitative estimate of drug-likeness (QED) is 0.788. The van der Waals surface area contributed by atoms with E-state index in [-0.39, 0.29) is 10.6 Å². The van der Waals surface area contributed by atoms with E-state index in [0.29, 0.717) is 12.2 Å². The van der Waals surface area contributed by atoms with Gasteiger partial charge in [0.2, 0.25) is 5.78 Å². The summed E-state index contributed by atoms with van der Waals surface area (Å²) in [7, 11) is 0. The van der Waals surface area contributed by atoms with Gasteiger partial charge >= 0.3 is 0 Å². The molecule has 2 rings (SSSR count). The average molecular weight is 253 g/mol. The van der Waals surface area contributed by atoms with Gasteiger partial charge in [-0.3, -0.25) is 9.48 Å². The number of nitrogens with zero attached hydrogens (tertiary/aromatic N) is 2. The van der Waals surface area contributed by atoms with Crippen molar-refractivity contribution in [1.29, 1.82) is 0 Å². The van der Waals surface area contributed by atoms with E-state index in [1.54, 1.807) is 6.07 Å². The van der Waals surface area contributed by atoms with Crippen LogP contribution < -0.4 is 0 Å². The van der Waals surface area contributed by atoms with Gasteiger partial charge in [0.05, 0.1) is 5.56 Å². The molecule has 0 fully saturated rings. The summed E-state index contributed by atoms with van der Waals surface area (Å²) in [5.41, 5.74) is 0.373. The monoisotopic (exact) mass is 252 g/mol. The smallest absolute Gasteiger partial charge is 0.213 e. The van der Waals surface area contributed by atoms with Crippen LogP contribution in [0.4, 0.5) is 4.39 Å². The van der Waals surface area contributed by atoms with E-state index in [9.17, 15) is 9.18 Å². The highest BCUT2D eigenvalue weighted by molar-refractivity contribution is 6.30. The first-order valence-electron chi connectivity index (χ1n) is 5.15. The zero-order valence-corrected chi connectivity index (χ0v) is 9.91. The van der Waals surface area contributed by atoms with Gasteiger partial charge in [-0.2, -0.15) is 5.10 Å². The summed E-state index contributed by atoms with van der Waals surface area (Å²) in [5, 5.41) is 4.24. The van der Waals surface area contributed by atoms with E-state index in [1.807, 2.05) is 6.92 Å². The van der Waals surface area contributed by atoms with Gasteiger partial charge in [-0.1, -0.05) is 11.6 Å². The standard InChI is InChI=1S/C12H10ClFN2O/c1-2-16-11(5-6-15-16)12(17)9-4-3-8(13)7-10(9)14/h3-7H,2H2,1H3. The van der Waals surface area contributed by atoms with E-state index in [0.717, 1.165) is 6.07 Å². The summed E-state index contributed by atoms with van der Waals surface area (Å²) in [5.74, 6) is -1.01. The minimum Gasteiger partial charge on any atom is -0.287 e. The van der Waals surface area contributed by atoms with E-state index >= 15 is 0 Å². The third-order valence-corrected chi connectivity index (χ3v) is 2.66. The lowest BCUT2D eigenvalue weighted by Crippen LogP contribution is -2.11. The van der Waals surface area contributed by atoms with Gasteiger partial charge in [0.15, 0.2) is 0 Å². The van der Waals surface area contributed by atoms with E-state index in [4.69, 9.17) is 11.6 Å². The molecule has 0 spiro atoms. The molecular weight excluding hydrogens is 243 g/mol. The summed E-state index contributed by atoms with van der Waals surface area (Å²) in [6, 6.07) is 5.57. The lowest BCUT2D eigenvalue weighted by Gasteiger charge is -2.05. The van der Waals surface area contributed by atoms with E-state index in [2.05, 4.69) is 5.10 Å². The largest absolute Gasteiger partial charge is 0.287 e. The number of aromatic nitrogens is 2. The normalized spacial score (nSPS) is 10.5. The van der Waals surface area contributed by atoms with Gasteiger partial charge in [-0.25, -0.2) is 4.39 Å². The fourth-order valence-corrected chi connectivity index (χ4v) is 1.75. The molecule has 17 heavy (non-hydrogen) atoms. The number of benzene rings is 1. The topological polar surface area (TPSA) is 34.9 Å². The minimum absolute atomic E-state index is 0.00426. The molecule has 2 aromatic rings. The van der Waals surface area contributed by atoms with Gasteiger partial charge < -0.3 is 0 Å². The Kier molecular flexibility index (Phi) is 3.24. The Hall–Kier alpha value is -1.68. The van der Waals surface area contributed by atoms with Crippen molar-refractivity contribution >= 4 is 17.4 Å². The maximum Gasteiger partial charge on any atom is 0.213 e. The maximum atomic E-state index is 13.6. The summed E-state index contributed by atoms with van der Waals surface area (Å²) in [6.45, 7) is 2.42. The van der Waals surface area contributed by atoms with Crippen LogP contribution in [0.25, 0.3) is 0 Å². The van der Waals surface area contributed by atoms with Crippen LogP contribution in [0.15, 0.2) is 30.5 Å². The highest BCUT2D eigenvalue weighted by Crippen LogP contribution is 2.17. The molecule has 3 nitrogen and oxygen atoms in total. The molecule has 0 aliphatic heterocycles. The van der Waals surface area contributed by atoms with Crippen LogP contribution in [0.1, 0.15) is 23.0 Å². The molecule has 0 aliphatic carbocycles. The van der Waals surface area contributed by atoms with Crippen molar-refractivity contribution in [1.82, 2.24) is 9.78 Å². The van der Waals surface area contributed by atoms with Crippen molar-refractivity contribution in [2.45, 2.75) is 13.5 Å². The van der Waals surface area contributed by atoms with Crippen molar-refractivity contribution in [3.05, 3.63) is 52.6 Å². The van der Waals surface area contributed by atoms with E-state index in [1.165, 1.54) is 23.0 Å². The van der Waals surface area contributed by atoms with Crippen LogP contribution in [-0.4, -0.2) is 15.6 Å². The lowest BCUT2D eigenvalue weighted by molar-refractivity contribution is 0.102. The van der Waals surface area contributed by atoms with Crippen LogP contribution in [0, 0.1) is 5.82 Å². The fourth-order valence-electron chi connectivity index (χ4n) is 1.59. The molecule has 1 aromatic carbocycles. The SMILES string of the molecule is CCn1nccc1C(=O)c1ccc(Cl)cc1F. The number of aryl methyl sites for hydroxylation is 1. The van der Waals surface area contributed by atoms with Crippen molar-refractivity contribution in [2.75, 3.05) is 0 Å².